The van der Waals surface area contributed by atoms with E-state index in [4.69, 9.17) is 9.47 Å². The summed E-state index contributed by atoms with van der Waals surface area (Å²) < 4.78 is 11.0. The Morgan fingerprint density at radius 3 is 2.62 bits per heavy atom. The number of carbonyl (C=O) groups excluding carboxylic acids is 2. The molecular weight excluding hydrogens is 408 g/mol. The molecule has 8 heteroatoms. The molecule has 1 aromatic rings. The van der Waals surface area contributed by atoms with Gasteiger partial charge in [0, 0.05) is 25.2 Å². The highest BCUT2D eigenvalue weighted by Gasteiger charge is 2.23. The van der Waals surface area contributed by atoms with Gasteiger partial charge in [0.05, 0.1) is 12.7 Å². The van der Waals surface area contributed by atoms with Crippen LogP contribution >= 0.6 is 0 Å². The number of ether oxygens (including phenoxy) is 2. The van der Waals surface area contributed by atoms with Gasteiger partial charge in [-0.25, -0.2) is 4.79 Å². The van der Waals surface area contributed by atoms with E-state index in [1.165, 1.54) is 12.0 Å². The van der Waals surface area contributed by atoms with Gasteiger partial charge in [-0.3, -0.25) is 14.7 Å². The average molecular weight is 449 g/mol. The highest BCUT2D eigenvalue weighted by molar-refractivity contribution is 5.75. The quantitative estimate of drug-likeness (QED) is 0.472. The molecular formula is C24H40N4O4. The largest absolute Gasteiger partial charge is 0.490 e. The summed E-state index contributed by atoms with van der Waals surface area (Å²) in [5, 5.41) is 5.65. The van der Waals surface area contributed by atoms with Crippen molar-refractivity contribution in [1.29, 1.82) is 0 Å². The highest BCUT2D eigenvalue weighted by Crippen LogP contribution is 2.31. The van der Waals surface area contributed by atoms with Gasteiger partial charge in [0.2, 0.25) is 5.91 Å². The molecule has 8 nitrogen and oxygen atoms in total. The summed E-state index contributed by atoms with van der Waals surface area (Å²) in [7, 11) is 2.14. The van der Waals surface area contributed by atoms with Crippen LogP contribution in [-0.2, 0) is 9.53 Å². The van der Waals surface area contributed by atoms with Gasteiger partial charge in [-0.2, -0.15) is 0 Å². The smallest absolute Gasteiger partial charge is 0.407 e. The molecule has 0 aromatic carbocycles. The molecule has 1 unspecified atom stereocenters. The van der Waals surface area contributed by atoms with E-state index in [1.54, 1.807) is 6.20 Å². The normalized spacial score (nSPS) is 16.6. The van der Waals surface area contributed by atoms with Crippen molar-refractivity contribution in [1.82, 2.24) is 20.5 Å². The second kappa shape index (κ2) is 13.3. The predicted molar refractivity (Wildman–Crippen MR) is 125 cm³/mol. The minimum absolute atomic E-state index is 0.0416. The molecule has 0 bridgehead atoms. The summed E-state index contributed by atoms with van der Waals surface area (Å²) in [4.78, 5) is 30.2. The number of aromatic nitrogens is 1. The van der Waals surface area contributed by atoms with Crippen molar-refractivity contribution >= 4 is 12.0 Å². The van der Waals surface area contributed by atoms with Crippen molar-refractivity contribution in [2.45, 2.75) is 77.4 Å². The van der Waals surface area contributed by atoms with Crippen LogP contribution in [0.2, 0.25) is 0 Å². The fraction of sp³-hybridized carbons (Fsp3) is 0.708. The molecule has 1 atom stereocenters. The number of nitrogens with zero attached hydrogens (tertiary/aromatic N) is 2. The molecule has 0 radical (unpaired) electrons. The number of hydrogen-bond donors (Lipinski definition) is 2. The molecule has 2 rings (SSSR count). The second-order valence-corrected chi connectivity index (χ2v) is 9.38. The molecule has 0 spiro atoms. The molecule has 2 heterocycles. The monoisotopic (exact) mass is 448 g/mol. The van der Waals surface area contributed by atoms with Gasteiger partial charge < -0.3 is 20.1 Å². The van der Waals surface area contributed by atoms with Gasteiger partial charge in [-0.1, -0.05) is 12.8 Å². The SMILES string of the molecule is CN1CCCC1c1cncc(OCCNC(=O)CCCCCCNC(=O)OC(C)(C)C)c1. The third kappa shape index (κ3) is 10.3. The first-order valence-electron chi connectivity index (χ1n) is 11.8. The second-order valence-electron chi connectivity index (χ2n) is 9.38. The molecule has 2 amide bonds. The summed E-state index contributed by atoms with van der Waals surface area (Å²) in [5.41, 5.74) is 0.712. The van der Waals surface area contributed by atoms with Crippen molar-refractivity contribution < 1.29 is 19.1 Å². The Balaban J connectivity index is 1.48. The van der Waals surface area contributed by atoms with Crippen LogP contribution in [0.4, 0.5) is 4.79 Å². The molecule has 180 valence electrons. The van der Waals surface area contributed by atoms with Gasteiger partial charge in [-0.15, -0.1) is 0 Å². The maximum absolute atomic E-state index is 12.0. The molecule has 1 aliphatic rings. The van der Waals surface area contributed by atoms with Gasteiger partial charge in [0.25, 0.3) is 0 Å². The van der Waals surface area contributed by atoms with Crippen LogP contribution in [0.1, 0.15) is 77.3 Å². The van der Waals surface area contributed by atoms with Crippen LogP contribution < -0.4 is 15.4 Å². The number of amides is 2. The van der Waals surface area contributed by atoms with Crippen LogP contribution in [0.15, 0.2) is 18.5 Å². The molecule has 1 saturated heterocycles. The zero-order valence-corrected chi connectivity index (χ0v) is 20.1. The van der Waals surface area contributed by atoms with Crippen molar-refractivity contribution in [3.8, 4) is 5.75 Å². The number of carbonyl (C=O) groups is 2. The number of hydrogen-bond acceptors (Lipinski definition) is 6. The lowest BCUT2D eigenvalue weighted by molar-refractivity contribution is -0.121. The summed E-state index contributed by atoms with van der Waals surface area (Å²) in [6.45, 7) is 8.13. The number of rotatable bonds is 12. The van der Waals surface area contributed by atoms with Crippen LogP contribution in [0, 0.1) is 0 Å². The van der Waals surface area contributed by atoms with Gasteiger partial charge >= 0.3 is 6.09 Å². The fourth-order valence-electron chi connectivity index (χ4n) is 3.74. The number of pyridine rings is 1. The number of unbranched alkanes of at least 4 members (excludes halogenated alkanes) is 3. The van der Waals surface area contributed by atoms with E-state index in [-0.39, 0.29) is 12.0 Å². The Kier molecular flexibility index (Phi) is 10.7. The van der Waals surface area contributed by atoms with Crippen molar-refractivity contribution in [2.24, 2.45) is 0 Å². The average Bonchev–Trinajstić information content (AvgIpc) is 3.15. The van der Waals surface area contributed by atoms with Crippen LogP contribution in [0.5, 0.6) is 5.75 Å². The minimum atomic E-state index is -0.476. The van der Waals surface area contributed by atoms with Crippen LogP contribution in [-0.4, -0.2) is 60.8 Å². The standard InChI is InChI=1S/C24H40N4O4/c1-24(2,3)32-23(30)27-12-8-6-5-7-11-22(29)26-13-15-31-20-16-19(17-25-18-20)21-10-9-14-28(21)4/h16-18,21H,5-15H2,1-4H3,(H,26,29)(H,27,30). The first kappa shape index (κ1) is 25.9. The topological polar surface area (TPSA) is 92.8 Å². The van der Waals surface area contributed by atoms with Crippen LogP contribution in [0.25, 0.3) is 0 Å². The minimum Gasteiger partial charge on any atom is -0.490 e. The van der Waals surface area contributed by atoms with Gasteiger partial charge in [0.1, 0.15) is 18.0 Å². The maximum Gasteiger partial charge on any atom is 0.407 e. The van der Waals surface area contributed by atoms with E-state index in [1.807, 2.05) is 27.0 Å². The van der Waals surface area contributed by atoms with Gasteiger partial charge in [-0.05, 0) is 71.7 Å². The van der Waals surface area contributed by atoms with E-state index < -0.39 is 5.60 Å². The Hall–Kier alpha value is -2.35. The third-order valence-electron chi connectivity index (χ3n) is 5.33. The Morgan fingerprint density at radius 2 is 1.91 bits per heavy atom. The van der Waals surface area contributed by atoms with E-state index in [2.05, 4.69) is 33.6 Å². The van der Waals surface area contributed by atoms with Crippen molar-refractivity contribution in [2.75, 3.05) is 33.3 Å². The summed E-state index contributed by atoms with van der Waals surface area (Å²) in [5.74, 6) is 0.789. The first-order chi connectivity index (χ1) is 15.2. The Morgan fingerprint density at radius 1 is 1.12 bits per heavy atom. The molecule has 0 saturated carbocycles. The number of likely N-dealkylation sites (tertiary alicyclic amines) is 1. The molecule has 1 aromatic heterocycles. The van der Waals surface area contributed by atoms with Gasteiger partial charge in [0.15, 0.2) is 0 Å². The Bertz CT molecular complexity index is 720. The maximum atomic E-state index is 12.0. The van der Waals surface area contributed by atoms with Crippen LogP contribution in [0.3, 0.4) is 0 Å². The zero-order valence-electron chi connectivity index (χ0n) is 20.1. The summed E-state index contributed by atoms with van der Waals surface area (Å²) >= 11 is 0. The molecule has 1 fully saturated rings. The summed E-state index contributed by atoms with van der Waals surface area (Å²) in [6.07, 6.45) is 9.74. The van der Waals surface area contributed by atoms with E-state index in [9.17, 15) is 9.59 Å². The number of nitrogens with one attached hydrogen (secondary N) is 2. The Labute approximate surface area is 192 Å². The lowest BCUT2D eigenvalue weighted by atomic mass is 10.1. The van der Waals surface area contributed by atoms with Crippen molar-refractivity contribution in [3.63, 3.8) is 0 Å². The number of alkyl carbamates (subject to hydrolysis) is 1. The lowest BCUT2D eigenvalue weighted by Gasteiger charge is -2.19. The first-order valence-corrected chi connectivity index (χ1v) is 11.8. The molecule has 32 heavy (non-hydrogen) atoms. The lowest BCUT2D eigenvalue weighted by Crippen LogP contribution is -2.33. The molecule has 0 aliphatic carbocycles. The molecule has 2 N–H and O–H groups in total. The third-order valence-corrected chi connectivity index (χ3v) is 5.33. The fourth-order valence-corrected chi connectivity index (χ4v) is 3.74. The van der Waals surface area contributed by atoms with E-state index >= 15 is 0 Å². The summed E-state index contributed by atoms with van der Waals surface area (Å²) in [6, 6.07) is 2.47. The predicted octanol–water partition coefficient (Wildman–Crippen LogP) is 3.82. The zero-order chi connectivity index (χ0) is 23.4. The van der Waals surface area contributed by atoms with Crippen molar-refractivity contribution in [3.05, 3.63) is 24.0 Å². The highest BCUT2D eigenvalue weighted by atomic mass is 16.6. The molecule has 1 aliphatic heterocycles. The van der Waals surface area contributed by atoms with E-state index in [0.29, 0.717) is 32.2 Å². The van der Waals surface area contributed by atoms with E-state index in [0.717, 1.165) is 44.4 Å².